The number of halogens is 1. The van der Waals surface area contributed by atoms with Gasteiger partial charge in [-0.1, -0.05) is 54.1 Å². The number of imidazole rings is 1. The SMILES string of the molecule is O=C(Cn1c(-c2ccccc2)nc2ccccc21)Nc1ccc(Cl)nc1. The van der Waals surface area contributed by atoms with Crippen molar-refractivity contribution in [1.29, 1.82) is 0 Å². The minimum absolute atomic E-state index is 0.146. The van der Waals surface area contributed by atoms with Gasteiger partial charge in [-0.25, -0.2) is 9.97 Å². The summed E-state index contributed by atoms with van der Waals surface area (Å²) >= 11 is 5.78. The van der Waals surface area contributed by atoms with Gasteiger partial charge >= 0.3 is 0 Å². The molecule has 2 aromatic heterocycles. The second-order valence-corrected chi connectivity index (χ2v) is 6.18. The highest BCUT2D eigenvalue weighted by atomic mass is 35.5. The minimum Gasteiger partial charge on any atom is -0.323 e. The maximum Gasteiger partial charge on any atom is 0.244 e. The number of carbonyl (C=O) groups is 1. The number of hydrogen-bond donors (Lipinski definition) is 1. The largest absolute Gasteiger partial charge is 0.323 e. The maximum absolute atomic E-state index is 12.6. The second-order valence-electron chi connectivity index (χ2n) is 5.79. The van der Waals surface area contributed by atoms with E-state index in [1.807, 2.05) is 59.2 Å². The van der Waals surface area contributed by atoms with E-state index in [-0.39, 0.29) is 12.5 Å². The van der Waals surface area contributed by atoms with E-state index in [0.29, 0.717) is 10.8 Å². The average molecular weight is 363 g/mol. The predicted molar refractivity (Wildman–Crippen MR) is 103 cm³/mol. The fourth-order valence-electron chi connectivity index (χ4n) is 2.84. The molecule has 128 valence electrons. The summed E-state index contributed by atoms with van der Waals surface area (Å²) in [6.45, 7) is 0.146. The van der Waals surface area contributed by atoms with Crippen molar-refractivity contribution in [3.63, 3.8) is 0 Å². The summed E-state index contributed by atoms with van der Waals surface area (Å²) in [5.41, 5.74) is 3.33. The number of rotatable bonds is 4. The van der Waals surface area contributed by atoms with Crippen LogP contribution in [0.4, 0.5) is 5.69 Å². The Bertz CT molecular complexity index is 1060. The van der Waals surface area contributed by atoms with Gasteiger partial charge in [0.25, 0.3) is 0 Å². The molecule has 2 aromatic carbocycles. The molecular formula is C20H15ClN4O. The van der Waals surface area contributed by atoms with Gasteiger partial charge in [-0.2, -0.15) is 0 Å². The predicted octanol–water partition coefficient (Wildman–Crippen LogP) is 4.39. The number of hydrogen-bond acceptors (Lipinski definition) is 3. The third-order valence-corrected chi connectivity index (χ3v) is 4.22. The van der Waals surface area contributed by atoms with Gasteiger partial charge in [-0.3, -0.25) is 4.79 Å². The number of carbonyl (C=O) groups excluding carboxylic acids is 1. The van der Waals surface area contributed by atoms with Crippen molar-refractivity contribution >= 4 is 34.2 Å². The summed E-state index contributed by atoms with van der Waals surface area (Å²) in [6, 6.07) is 21.0. The van der Waals surface area contributed by atoms with E-state index < -0.39 is 0 Å². The number of fused-ring (bicyclic) bond motifs is 1. The van der Waals surface area contributed by atoms with E-state index in [9.17, 15) is 4.79 Å². The smallest absolute Gasteiger partial charge is 0.244 e. The number of para-hydroxylation sites is 2. The number of anilines is 1. The van der Waals surface area contributed by atoms with Gasteiger partial charge in [0.15, 0.2) is 0 Å². The molecule has 1 N–H and O–H groups in total. The number of nitrogens with one attached hydrogen (secondary N) is 1. The second kappa shape index (κ2) is 6.98. The summed E-state index contributed by atoms with van der Waals surface area (Å²) < 4.78 is 1.92. The van der Waals surface area contributed by atoms with Crippen molar-refractivity contribution in [2.24, 2.45) is 0 Å². The van der Waals surface area contributed by atoms with Gasteiger partial charge in [0, 0.05) is 5.56 Å². The molecule has 26 heavy (non-hydrogen) atoms. The van der Waals surface area contributed by atoms with Gasteiger partial charge in [-0.05, 0) is 24.3 Å². The van der Waals surface area contributed by atoms with Crippen LogP contribution in [0.3, 0.4) is 0 Å². The van der Waals surface area contributed by atoms with Crippen LogP contribution in [0, 0.1) is 0 Å². The summed E-state index contributed by atoms with van der Waals surface area (Å²) in [5, 5.41) is 3.23. The van der Waals surface area contributed by atoms with Crippen LogP contribution >= 0.6 is 11.6 Å². The molecule has 5 nitrogen and oxygen atoms in total. The Morgan fingerprint density at radius 1 is 1.00 bits per heavy atom. The Balaban J connectivity index is 1.68. The third-order valence-electron chi connectivity index (χ3n) is 4.00. The molecule has 0 radical (unpaired) electrons. The van der Waals surface area contributed by atoms with Crippen molar-refractivity contribution in [2.75, 3.05) is 5.32 Å². The van der Waals surface area contributed by atoms with E-state index in [2.05, 4.69) is 10.3 Å². The zero-order chi connectivity index (χ0) is 17.9. The van der Waals surface area contributed by atoms with Crippen LogP contribution in [-0.4, -0.2) is 20.4 Å². The van der Waals surface area contributed by atoms with E-state index in [0.717, 1.165) is 22.4 Å². The molecule has 6 heteroatoms. The Morgan fingerprint density at radius 2 is 1.77 bits per heavy atom. The molecule has 0 saturated heterocycles. The lowest BCUT2D eigenvalue weighted by atomic mass is 10.2. The average Bonchev–Trinajstić information content (AvgIpc) is 3.03. The molecule has 1 amide bonds. The molecule has 0 saturated carbocycles. The number of aromatic nitrogens is 3. The Morgan fingerprint density at radius 3 is 2.54 bits per heavy atom. The Labute approximate surface area is 155 Å². The molecule has 0 atom stereocenters. The number of pyridine rings is 1. The zero-order valence-electron chi connectivity index (χ0n) is 13.8. The molecule has 0 bridgehead atoms. The molecule has 0 aliphatic rings. The third kappa shape index (κ3) is 3.30. The molecule has 4 rings (SSSR count). The van der Waals surface area contributed by atoms with Crippen LogP contribution in [0.2, 0.25) is 5.15 Å². The van der Waals surface area contributed by atoms with E-state index in [1.54, 1.807) is 12.1 Å². The first-order chi connectivity index (χ1) is 12.7. The summed E-state index contributed by atoms with van der Waals surface area (Å²) in [6.07, 6.45) is 1.53. The lowest BCUT2D eigenvalue weighted by Crippen LogP contribution is -2.19. The highest BCUT2D eigenvalue weighted by Crippen LogP contribution is 2.24. The van der Waals surface area contributed by atoms with Crippen LogP contribution in [0.25, 0.3) is 22.4 Å². The molecule has 2 heterocycles. The van der Waals surface area contributed by atoms with Gasteiger partial charge in [0.1, 0.15) is 17.5 Å². The lowest BCUT2D eigenvalue weighted by Gasteiger charge is -2.10. The maximum atomic E-state index is 12.6. The van der Waals surface area contributed by atoms with Gasteiger partial charge < -0.3 is 9.88 Å². The van der Waals surface area contributed by atoms with Gasteiger partial charge in [-0.15, -0.1) is 0 Å². The van der Waals surface area contributed by atoms with Crippen LogP contribution in [0.5, 0.6) is 0 Å². The number of nitrogens with zero attached hydrogens (tertiary/aromatic N) is 3. The monoisotopic (exact) mass is 362 g/mol. The molecule has 0 unspecified atom stereocenters. The molecule has 0 fully saturated rings. The van der Waals surface area contributed by atoms with E-state index >= 15 is 0 Å². The quantitative estimate of drug-likeness (QED) is 0.548. The van der Waals surface area contributed by atoms with Crippen LogP contribution < -0.4 is 5.32 Å². The molecule has 0 aliphatic heterocycles. The molecule has 4 aromatic rings. The lowest BCUT2D eigenvalue weighted by molar-refractivity contribution is -0.116. The highest BCUT2D eigenvalue weighted by Gasteiger charge is 2.15. The van der Waals surface area contributed by atoms with Crippen LogP contribution in [-0.2, 0) is 11.3 Å². The summed E-state index contributed by atoms with van der Waals surface area (Å²) in [4.78, 5) is 21.3. The van der Waals surface area contributed by atoms with E-state index in [4.69, 9.17) is 16.6 Å². The zero-order valence-corrected chi connectivity index (χ0v) is 14.5. The van der Waals surface area contributed by atoms with Crippen molar-refractivity contribution < 1.29 is 4.79 Å². The van der Waals surface area contributed by atoms with Crippen molar-refractivity contribution in [3.8, 4) is 11.4 Å². The van der Waals surface area contributed by atoms with E-state index in [1.165, 1.54) is 6.20 Å². The fraction of sp³-hybridized carbons (Fsp3) is 0.0500. The topological polar surface area (TPSA) is 59.8 Å². The standard InChI is InChI=1S/C20H15ClN4O/c21-18-11-10-15(12-22-18)23-19(26)13-25-17-9-5-4-8-16(17)24-20(25)14-6-2-1-3-7-14/h1-12H,13H2,(H,23,26). The van der Waals surface area contributed by atoms with Crippen molar-refractivity contribution in [1.82, 2.24) is 14.5 Å². The summed E-state index contributed by atoms with van der Waals surface area (Å²) in [7, 11) is 0. The summed E-state index contributed by atoms with van der Waals surface area (Å²) in [5.74, 6) is 0.602. The molecule has 0 spiro atoms. The van der Waals surface area contributed by atoms with Crippen molar-refractivity contribution in [2.45, 2.75) is 6.54 Å². The van der Waals surface area contributed by atoms with Crippen molar-refractivity contribution in [3.05, 3.63) is 78.1 Å². The Kier molecular flexibility index (Phi) is 4.37. The fourth-order valence-corrected chi connectivity index (χ4v) is 2.95. The number of benzene rings is 2. The highest BCUT2D eigenvalue weighted by molar-refractivity contribution is 6.29. The molecular weight excluding hydrogens is 348 g/mol. The first-order valence-electron chi connectivity index (χ1n) is 8.13. The van der Waals surface area contributed by atoms with Gasteiger partial charge in [0.2, 0.25) is 5.91 Å². The van der Waals surface area contributed by atoms with Crippen LogP contribution in [0.15, 0.2) is 72.9 Å². The van der Waals surface area contributed by atoms with Crippen LogP contribution in [0.1, 0.15) is 0 Å². The first-order valence-corrected chi connectivity index (χ1v) is 8.50. The van der Waals surface area contributed by atoms with Gasteiger partial charge in [0.05, 0.1) is 22.9 Å². The molecule has 0 aliphatic carbocycles. The first kappa shape index (κ1) is 16.3. The normalized spacial score (nSPS) is 10.8. The number of amides is 1. The minimum atomic E-state index is -0.158. The Hall–Kier alpha value is -3.18.